The number of benzene rings is 2. The monoisotopic (exact) mass is 307 g/mol. The molecule has 0 aliphatic carbocycles. The van der Waals surface area contributed by atoms with Crippen LogP contribution in [0.1, 0.15) is 5.56 Å². The van der Waals surface area contributed by atoms with Crippen LogP contribution in [0.5, 0.6) is 0 Å². The molecule has 2 aromatic rings. The predicted molar refractivity (Wildman–Crippen MR) is 81.4 cm³/mol. The van der Waals surface area contributed by atoms with E-state index in [4.69, 9.17) is 4.55 Å². The van der Waals surface area contributed by atoms with Crippen LogP contribution < -0.4 is 4.90 Å². The summed E-state index contributed by atoms with van der Waals surface area (Å²) in [4.78, 5) is 1.99. The first-order valence-electron chi connectivity index (χ1n) is 6.50. The number of hydrogen-bond donors (Lipinski definition) is 1. The van der Waals surface area contributed by atoms with Crippen molar-refractivity contribution in [2.75, 3.05) is 18.1 Å². The Kier molecular flexibility index (Phi) is 5.32. The fraction of sp³-hybridized carbons (Fsp3) is 0.200. The average Bonchev–Trinajstić information content (AvgIpc) is 2.47. The van der Waals surface area contributed by atoms with Crippen molar-refractivity contribution in [1.29, 1.82) is 0 Å². The summed E-state index contributed by atoms with van der Waals surface area (Å²) in [5.74, 6) is 0. The average molecular weight is 307 g/mol. The zero-order chi connectivity index (χ0) is 15.1. The van der Waals surface area contributed by atoms with E-state index in [1.807, 2.05) is 65.6 Å². The van der Waals surface area contributed by atoms with Crippen LogP contribution in [0, 0.1) is 0 Å². The van der Waals surface area contributed by atoms with Crippen LogP contribution in [0.25, 0.3) is 0 Å². The Morgan fingerprint density at radius 1 is 0.952 bits per heavy atom. The lowest BCUT2D eigenvalue weighted by atomic mass is 10.2. The van der Waals surface area contributed by atoms with Crippen molar-refractivity contribution in [2.24, 2.45) is 0 Å². The number of rotatable bonds is 7. The van der Waals surface area contributed by atoms with Gasteiger partial charge in [-0.05, 0) is 17.7 Å². The molecule has 5 nitrogen and oxygen atoms in total. The Balaban J connectivity index is 2.07. The molecular formula is C15H17NO4S. The van der Waals surface area contributed by atoms with Gasteiger partial charge in [-0.1, -0.05) is 48.5 Å². The van der Waals surface area contributed by atoms with Gasteiger partial charge < -0.3 is 4.90 Å². The first kappa shape index (κ1) is 15.5. The molecule has 0 unspecified atom stereocenters. The van der Waals surface area contributed by atoms with E-state index in [1.165, 1.54) is 0 Å². The lowest BCUT2D eigenvalue weighted by molar-refractivity contribution is 0.273. The summed E-state index contributed by atoms with van der Waals surface area (Å²) in [6, 6.07) is 19.5. The third-order valence-corrected chi connectivity index (χ3v) is 3.40. The molecule has 6 heteroatoms. The normalized spacial score (nSPS) is 11.3. The summed E-state index contributed by atoms with van der Waals surface area (Å²) in [5.41, 5.74) is 2.06. The topological polar surface area (TPSA) is 66.8 Å². The lowest BCUT2D eigenvalue weighted by Gasteiger charge is -2.24. The van der Waals surface area contributed by atoms with Crippen molar-refractivity contribution in [3.63, 3.8) is 0 Å². The van der Waals surface area contributed by atoms with E-state index in [0.29, 0.717) is 13.1 Å². The maximum absolute atomic E-state index is 10.6. The highest BCUT2D eigenvalue weighted by molar-refractivity contribution is 7.80. The Labute approximate surface area is 124 Å². The minimum atomic E-state index is -4.40. The molecule has 2 rings (SSSR count). The third kappa shape index (κ3) is 5.55. The summed E-state index contributed by atoms with van der Waals surface area (Å²) >= 11 is 0. The van der Waals surface area contributed by atoms with Gasteiger partial charge in [-0.2, -0.15) is 8.42 Å². The zero-order valence-electron chi connectivity index (χ0n) is 11.4. The molecule has 0 aromatic heterocycles. The van der Waals surface area contributed by atoms with Gasteiger partial charge >= 0.3 is 10.4 Å². The van der Waals surface area contributed by atoms with E-state index >= 15 is 0 Å². The number of hydrogen-bond acceptors (Lipinski definition) is 4. The van der Waals surface area contributed by atoms with E-state index in [0.717, 1.165) is 11.3 Å². The second-order valence-electron chi connectivity index (χ2n) is 4.49. The van der Waals surface area contributed by atoms with Crippen LogP contribution in [0.15, 0.2) is 60.7 Å². The Morgan fingerprint density at radius 2 is 1.52 bits per heavy atom. The molecule has 0 atom stereocenters. The standard InChI is InChI=1S/C15H17NO4S/c17-21(18,19)20-12-11-16(15-9-5-2-6-10-15)13-14-7-3-1-4-8-14/h1-10H,11-13H2,(H,17,18,19). The maximum atomic E-state index is 10.6. The first-order valence-corrected chi connectivity index (χ1v) is 7.87. The van der Waals surface area contributed by atoms with E-state index in [2.05, 4.69) is 4.18 Å². The number of nitrogens with zero attached hydrogens (tertiary/aromatic N) is 1. The van der Waals surface area contributed by atoms with Gasteiger partial charge in [-0.3, -0.25) is 4.55 Å². The third-order valence-electron chi connectivity index (χ3n) is 2.93. The number of anilines is 1. The molecule has 0 amide bonds. The molecule has 0 aliphatic heterocycles. The highest BCUT2D eigenvalue weighted by atomic mass is 32.3. The predicted octanol–water partition coefficient (Wildman–Crippen LogP) is 2.51. The number of para-hydroxylation sites is 1. The zero-order valence-corrected chi connectivity index (χ0v) is 12.2. The van der Waals surface area contributed by atoms with Gasteiger partial charge in [0.05, 0.1) is 6.61 Å². The summed E-state index contributed by atoms with van der Waals surface area (Å²) in [7, 11) is -4.40. The van der Waals surface area contributed by atoms with Gasteiger partial charge in [0.15, 0.2) is 0 Å². The van der Waals surface area contributed by atoms with Gasteiger partial charge in [0.1, 0.15) is 0 Å². The smallest absolute Gasteiger partial charge is 0.365 e. The first-order chi connectivity index (χ1) is 10.0. The second kappa shape index (κ2) is 7.21. The van der Waals surface area contributed by atoms with Gasteiger partial charge in [0, 0.05) is 18.8 Å². The molecule has 0 bridgehead atoms. The van der Waals surface area contributed by atoms with Gasteiger partial charge in [0.2, 0.25) is 0 Å². The van der Waals surface area contributed by atoms with E-state index < -0.39 is 10.4 Å². The van der Waals surface area contributed by atoms with Crippen LogP contribution in [0.3, 0.4) is 0 Å². The minimum Gasteiger partial charge on any atom is -0.365 e. The summed E-state index contributed by atoms with van der Waals surface area (Å²) in [5, 5.41) is 0. The SMILES string of the molecule is O=S(=O)(O)OCCN(Cc1ccccc1)c1ccccc1. The van der Waals surface area contributed by atoms with Crippen LogP contribution in [0.2, 0.25) is 0 Å². The lowest BCUT2D eigenvalue weighted by Crippen LogP contribution is -2.27. The van der Waals surface area contributed by atoms with Crippen molar-refractivity contribution < 1.29 is 17.2 Å². The van der Waals surface area contributed by atoms with Crippen LogP contribution >= 0.6 is 0 Å². The van der Waals surface area contributed by atoms with Gasteiger partial charge in [-0.25, -0.2) is 4.18 Å². The molecule has 0 saturated heterocycles. The van der Waals surface area contributed by atoms with Gasteiger partial charge in [-0.15, -0.1) is 0 Å². The van der Waals surface area contributed by atoms with Crippen molar-refractivity contribution >= 4 is 16.1 Å². The van der Waals surface area contributed by atoms with E-state index in [1.54, 1.807) is 0 Å². The van der Waals surface area contributed by atoms with Crippen molar-refractivity contribution in [2.45, 2.75) is 6.54 Å². The molecule has 112 valence electrons. The van der Waals surface area contributed by atoms with E-state index in [9.17, 15) is 8.42 Å². The minimum absolute atomic E-state index is 0.111. The summed E-state index contributed by atoms with van der Waals surface area (Å²) in [6.45, 7) is 0.860. The largest absolute Gasteiger partial charge is 0.397 e. The van der Waals surface area contributed by atoms with Crippen LogP contribution in [-0.2, 0) is 21.1 Å². The Morgan fingerprint density at radius 3 is 2.10 bits per heavy atom. The molecule has 0 aliphatic rings. The van der Waals surface area contributed by atoms with Gasteiger partial charge in [0.25, 0.3) is 0 Å². The molecule has 0 spiro atoms. The fourth-order valence-corrected chi connectivity index (χ4v) is 2.28. The fourth-order valence-electron chi connectivity index (χ4n) is 1.99. The van der Waals surface area contributed by atoms with Crippen molar-refractivity contribution in [3.8, 4) is 0 Å². The summed E-state index contributed by atoms with van der Waals surface area (Å²) in [6.07, 6.45) is 0. The second-order valence-corrected chi connectivity index (χ2v) is 5.58. The molecule has 2 aromatic carbocycles. The maximum Gasteiger partial charge on any atom is 0.397 e. The molecule has 0 radical (unpaired) electrons. The van der Waals surface area contributed by atoms with Crippen molar-refractivity contribution in [3.05, 3.63) is 66.2 Å². The highest BCUT2D eigenvalue weighted by Crippen LogP contribution is 2.16. The highest BCUT2D eigenvalue weighted by Gasteiger charge is 2.10. The van der Waals surface area contributed by atoms with Crippen LogP contribution in [0.4, 0.5) is 5.69 Å². The van der Waals surface area contributed by atoms with Crippen molar-refractivity contribution in [1.82, 2.24) is 0 Å². The molecular weight excluding hydrogens is 290 g/mol. The quantitative estimate of drug-likeness (QED) is 0.796. The molecule has 0 fully saturated rings. The summed E-state index contributed by atoms with van der Waals surface area (Å²) < 4.78 is 34.3. The Bertz CT molecular complexity index is 644. The molecule has 0 heterocycles. The molecule has 0 saturated carbocycles. The molecule has 1 N–H and O–H groups in total. The van der Waals surface area contributed by atoms with E-state index in [-0.39, 0.29) is 6.61 Å². The Hall–Kier alpha value is -1.89. The van der Waals surface area contributed by atoms with Crippen LogP contribution in [-0.4, -0.2) is 26.1 Å². The molecule has 21 heavy (non-hydrogen) atoms.